The van der Waals surface area contributed by atoms with E-state index in [4.69, 9.17) is 4.74 Å². The summed E-state index contributed by atoms with van der Waals surface area (Å²) in [5, 5.41) is 9.68. The van der Waals surface area contributed by atoms with Gasteiger partial charge in [0.25, 0.3) is 5.91 Å². The minimum absolute atomic E-state index is 0.0779. The maximum Gasteiger partial charge on any atom is 0.269 e. The smallest absolute Gasteiger partial charge is 0.269 e. The van der Waals surface area contributed by atoms with E-state index >= 15 is 0 Å². The van der Waals surface area contributed by atoms with E-state index in [1.54, 1.807) is 14.0 Å². The quantitative estimate of drug-likeness (QED) is 0.614. The van der Waals surface area contributed by atoms with Crippen LogP contribution >= 0.6 is 11.3 Å². The molecule has 2 aromatic carbocycles. The Balaban J connectivity index is 1.67. The van der Waals surface area contributed by atoms with Crippen LogP contribution in [0.3, 0.4) is 0 Å². The minimum atomic E-state index is -0.630. The molecule has 1 amide bonds. The molecule has 0 aliphatic rings. The average molecular weight is 396 g/mol. The van der Waals surface area contributed by atoms with Gasteiger partial charge in [0.05, 0.1) is 0 Å². The van der Waals surface area contributed by atoms with Crippen LogP contribution in [-0.2, 0) is 10.2 Å². The number of carbonyl (C=O) groups is 1. The Morgan fingerprint density at radius 3 is 2.29 bits per heavy atom. The molecule has 0 N–H and O–H groups in total. The zero-order valence-electron chi connectivity index (χ0n) is 16.8. The van der Waals surface area contributed by atoms with E-state index in [1.165, 1.54) is 21.8 Å². The first-order valence-corrected chi connectivity index (χ1v) is 10.0. The van der Waals surface area contributed by atoms with Gasteiger partial charge in [-0.15, -0.1) is 10.2 Å². The molecule has 0 fully saturated rings. The molecule has 0 spiro atoms. The predicted octanol–water partition coefficient (Wildman–Crippen LogP) is 4.93. The molecule has 0 unspecified atom stereocenters. The lowest BCUT2D eigenvalue weighted by Crippen LogP contribution is -2.38. The second kappa shape index (κ2) is 8.10. The van der Waals surface area contributed by atoms with Gasteiger partial charge in [0.2, 0.25) is 5.13 Å². The Kier molecular flexibility index (Phi) is 5.79. The number of ether oxygens (including phenoxy) is 1. The van der Waals surface area contributed by atoms with Gasteiger partial charge in [-0.2, -0.15) is 0 Å². The molecule has 146 valence electrons. The first kappa shape index (κ1) is 20.0. The lowest BCUT2D eigenvalue weighted by Gasteiger charge is -2.21. The zero-order chi connectivity index (χ0) is 20.3. The number of rotatable bonds is 5. The summed E-state index contributed by atoms with van der Waals surface area (Å²) in [6.07, 6.45) is -0.630. The van der Waals surface area contributed by atoms with E-state index in [0.29, 0.717) is 10.9 Å². The summed E-state index contributed by atoms with van der Waals surface area (Å²) >= 11 is 1.38. The van der Waals surface area contributed by atoms with Crippen LogP contribution in [0.4, 0.5) is 5.13 Å². The number of anilines is 1. The normalized spacial score (nSPS) is 12.5. The minimum Gasteiger partial charge on any atom is -0.481 e. The van der Waals surface area contributed by atoms with Gasteiger partial charge in [-0.25, -0.2) is 0 Å². The van der Waals surface area contributed by atoms with Crippen LogP contribution in [0.25, 0.3) is 10.6 Å². The summed E-state index contributed by atoms with van der Waals surface area (Å²) in [6.45, 7) is 8.23. The molecule has 6 heteroatoms. The number of amides is 1. The van der Waals surface area contributed by atoms with Crippen molar-refractivity contribution < 1.29 is 9.53 Å². The Morgan fingerprint density at radius 1 is 1.04 bits per heavy atom. The molecule has 28 heavy (non-hydrogen) atoms. The third-order valence-corrected chi connectivity index (χ3v) is 5.48. The van der Waals surface area contributed by atoms with Gasteiger partial charge >= 0.3 is 0 Å². The van der Waals surface area contributed by atoms with Gasteiger partial charge < -0.3 is 4.74 Å². The second-order valence-electron chi connectivity index (χ2n) is 7.69. The standard InChI is InChI=1S/C22H25N3O2S/c1-15(27-18-13-11-17(12-14-18)22(2,3)4)20(26)25(5)21-24-23-19(28-21)16-9-7-6-8-10-16/h6-15H,1-5H3/t15-/m0/s1. The van der Waals surface area contributed by atoms with Crippen molar-refractivity contribution in [2.45, 2.75) is 39.2 Å². The van der Waals surface area contributed by atoms with E-state index < -0.39 is 6.10 Å². The highest BCUT2D eigenvalue weighted by Crippen LogP contribution is 2.29. The fourth-order valence-electron chi connectivity index (χ4n) is 2.70. The molecule has 0 aliphatic heterocycles. The van der Waals surface area contributed by atoms with E-state index in [-0.39, 0.29) is 11.3 Å². The third kappa shape index (κ3) is 4.57. The summed E-state index contributed by atoms with van der Waals surface area (Å²) in [5.41, 5.74) is 2.28. The molecule has 1 heterocycles. The Labute approximate surface area is 170 Å². The van der Waals surface area contributed by atoms with Gasteiger partial charge in [-0.05, 0) is 30.0 Å². The number of hydrogen-bond acceptors (Lipinski definition) is 5. The maximum absolute atomic E-state index is 12.8. The van der Waals surface area contributed by atoms with E-state index in [1.807, 2.05) is 54.6 Å². The molecule has 0 saturated heterocycles. The van der Waals surface area contributed by atoms with Crippen molar-refractivity contribution in [3.05, 3.63) is 60.2 Å². The maximum atomic E-state index is 12.8. The molecular formula is C22H25N3O2S. The van der Waals surface area contributed by atoms with Crippen molar-refractivity contribution in [2.75, 3.05) is 11.9 Å². The summed E-state index contributed by atoms with van der Waals surface area (Å²) in [4.78, 5) is 14.3. The molecule has 0 bridgehead atoms. The van der Waals surface area contributed by atoms with Gasteiger partial charge in [0, 0.05) is 12.6 Å². The van der Waals surface area contributed by atoms with Crippen molar-refractivity contribution in [1.82, 2.24) is 10.2 Å². The highest BCUT2D eigenvalue weighted by Gasteiger charge is 2.23. The van der Waals surface area contributed by atoms with Crippen molar-refractivity contribution in [1.29, 1.82) is 0 Å². The molecular weight excluding hydrogens is 370 g/mol. The molecule has 5 nitrogen and oxygen atoms in total. The molecule has 0 aliphatic carbocycles. The number of nitrogens with zero attached hydrogens (tertiary/aromatic N) is 3. The van der Waals surface area contributed by atoms with Crippen LogP contribution in [0.2, 0.25) is 0 Å². The first-order chi connectivity index (χ1) is 13.3. The number of carbonyl (C=O) groups excluding carboxylic acids is 1. The molecule has 0 radical (unpaired) electrons. The van der Waals surface area contributed by atoms with Crippen LogP contribution in [0.1, 0.15) is 33.3 Å². The number of benzene rings is 2. The fourth-order valence-corrected chi connectivity index (χ4v) is 3.52. The molecule has 1 atom stereocenters. The van der Waals surface area contributed by atoms with Crippen LogP contribution in [-0.4, -0.2) is 29.3 Å². The number of aromatic nitrogens is 2. The second-order valence-corrected chi connectivity index (χ2v) is 8.64. The van der Waals surface area contributed by atoms with Gasteiger partial charge in [0.15, 0.2) is 6.10 Å². The van der Waals surface area contributed by atoms with E-state index in [2.05, 4.69) is 31.0 Å². The summed E-state index contributed by atoms with van der Waals surface area (Å²) < 4.78 is 5.84. The lowest BCUT2D eigenvalue weighted by molar-refractivity contribution is -0.124. The van der Waals surface area contributed by atoms with Gasteiger partial charge in [-0.3, -0.25) is 9.69 Å². The van der Waals surface area contributed by atoms with Gasteiger partial charge in [-0.1, -0.05) is 74.6 Å². The van der Waals surface area contributed by atoms with Crippen LogP contribution < -0.4 is 9.64 Å². The van der Waals surface area contributed by atoms with Gasteiger partial charge in [0.1, 0.15) is 10.8 Å². The van der Waals surface area contributed by atoms with Crippen molar-refractivity contribution in [3.8, 4) is 16.3 Å². The Bertz CT molecular complexity index is 930. The van der Waals surface area contributed by atoms with Crippen LogP contribution in [0, 0.1) is 0 Å². The number of hydrogen-bond donors (Lipinski definition) is 0. The average Bonchev–Trinajstić information content (AvgIpc) is 3.17. The van der Waals surface area contributed by atoms with E-state index in [0.717, 1.165) is 10.6 Å². The fraction of sp³-hybridized carbons (Fsp3) is 0.318. The van der Waals surface area contributed by atoms with E-state index in [9.17, 15) is 4.79 Å². The SMILES string of the molecule is C[C@H](Oc1ccc(C(C)(C)C)cc1)C(=O)N(C)c1nnc(-c2ccccc2)s1. The monoisotopic (exact) mass is 395 g/mol. The molecule has 1 aromatic heterocycles. The summed E-state index contributed by atoms with van der Waals surface area (Å²) in [6, 6.07) is 17.7. The predicted molar refractivity (Wildman–Crippen MR) is 114 cm³/mol. The first-order valence-electron chi connectivity index (χ1n) is 9.19. The topological polar surface area (TPSA) is 55.3 Å². The summed E-state index contributed by atoms with van der Waals surface area (Å²) in [5.74, 6) is 0.500. The molecule has 0 saturated carbocycles. The highest BCUT2D eigenvalue weighted by atomic mass is 32.1. The summed E-state index contributed by atoms with van der Waals surface area (Å²) in [7, 11) is 1.69. The van der Waals surface area contributed by atoms with Crippen LogP contribution in [0.5, 0.6) is 5.75 Å². The third-order valence-electron chi connectivity index (χ3n) is 4.43. The number of likely N-dealkylation sites (N-methyl/N-ethyl adjacent to an activating group) is 1. The van der Waals surface area contributed by atoms with Crippen molar-refractivity contribution >= 4 is 22.4 Å². The van der Waals surface area contributed by atoms with Crippen molar-refractivity contribution in [2.24, 2.45) is 0 Å². The lowest BCUT2D eigenvalue weighted by atomic mass is 9.87. The molecule has 3 aromatic rings. The highest BCUT2D eigenvalue weighted by molar-refractivity contribution is 7.18. The van der Waals surface area contributed by atoms with Crippen LogP contribution in [0.15, 0.2) is 54.6 Å². The Morgan fingerprint density at radius 2 is 1.68 bits per heavy atom. The Hall–Kier alpha value is -2.73. The molecule has 3 rings (SSSR count). The zero-order valence-corrected chi connectivity index (χ0v) is 17.7. The largest absolute Gasteiger partial charge is 0.481 e. The van der Waals surface area contributed by atoms with Crippen molar-refractivity contribution in [3.63, 3.8) is 0 Å².